The molecule has 4 heteroatoms. The van der Waals surface area contributed by atoms with Crippen molar-refractivity contribution in [2.75, 3.05) is 0 Å². The molecule has 1 nitrogen and oxygen atoms in total. The van der Waals surface area contributed by atoms with E-state index in [2.05, 4.69) is 143 Å². The van der Waals surface area contributed by atoms with Crippen molar-refractivity contribution < 1.29 is 5.11 Å². The van der Waals surface area contributed by atoms with Crippen LogP contribution in [0.25, 0.3) is 64.7 Å². The zero-order valence-corrected chi connectivity index (χ0v) is 52.9. The molecule has 1 N–H and O–H groups in total. The van der Waals surface area contributed by atoms with Crippen molar-refractivity contribution in [3.8, 4) is 64.7 Å². The second-order valence-corrected chi connectivity index (χ2v) is 28.1. The Kier molecular flexibility index (Phi) is 20.4. The van der Waals surface area contributed by atoms with Crippen molar-refractivity contribution in [1.82, 2.24) is 0 Å². The van der Waals surface area contributed by atoms with E-state index in [4.69, 9.17) is 0 Å². The SMILES string of the molecule is CCCCCCC1(CCCCCC)c2cc(-c3cccs3)ccc2-c2c1c1c(c3c2C(CCCCCC)(CCCCCC)c2cc(-c4ccc(CO)s4)ccc2-3)C(CCCCCC)(CCCCCC)c2cc(-c3cccs3)ccc2-1. The molecule has 10 rings (SSSR count). The lowest BCUT2D eigenvalue weighted by atomic mass is 9.63. The predicted molar refractivity (Wildman–Crippen MR) is 354 cm³/mol. The van der Waals surface area contributed by atoms with Crippen LogP contribution < -0.4 is 0 Å². The average Bonchev–Trinajstić information content (AvgIpc) is 3.36. The maximum absolute atomic E-state index is 10.5. The van der Waals surface area contributed by atoms with Crippen LogP contribution in [0.3, 0.4) is 0 Å². The monoisotopic (exact) mass is 1120 g/mol. The Hall–Kier alpha value is -4.06. The molecule has 0 amide bonds. The fourth-order valence-electron chi connectivity index (χ4n) is 15.9. The molecule has 0 atom stereocenters. The van der Waals surface area contributed by atoms with Gasteiger partial charge in [-0.05, 0) is 175 Å². The lowest BCUT2D eigenvalue weighted by molar-refractivity contribution is 0.285. The first-order chi connectivity index (χ1) is 39.4. The van der Waals surface area contributed by atoms with Crippen molar-refractivity contribution in [1.29, 1.82) is 0 Å². The highest BCUT2D eigenvalue weighted by Crippen LogP contribution is 2.72. The molecular weight excluding hydrogens is 1030 g/mol. The number of unbranched alkanes of at least 4 members (excludes halogenated alkanes) is 18. The maximum atomic E-state index is 10.5. The second kappa shape index (κ2) is 27.6. The number of thiophene rings is 3. The van der Waals surface area contributed by atoms with Crippen LogP contribution >= 0.6 is 34.0 Å². The molecule has 80 heavy (non-hydrogen) atoms. The van der Waals surface area contributed by atoms with Crippen molar-refractivity contribution in [2.45, 2.75) is 257 Å². The van der Waals surface area contributed by atoms with Crippen LogP contribution in [0.15, 0.2) is 102 Å². The van der Waals surface area contributed by atoms with Crippen molar-refractivity contribution in [3.63, 3.8) is 0 Å². The minimum Gasteiger partial charge on any atom is -0.391 e. The van der Waals surface area contributed by atoms with Crippen LogP contribution in [0.2, 0.25) is 0 Å². The van der Waals surface area contributed by atoms with E-state index in [1.54, 1.807) is 78.1 Å². The zero-order valence-electron chi connectivity index (χ0n) is 50.4. The molecule has 0 aliphatic heterocycles. The molecule has 0 saturated heterocycles. The smallest absolute Gasteiger partial charge is 0.0774 e. The third-order valence-corrected chi connectivity index (χ3v) is 22.8. The third kappa shape index (κ3) is 11.4. The van der Waals surface area contributed by atoms with E-state index < -0.39 is 0 Å². The highest BCUT2D eigenvalue weighted by molar-refractivity contribution is 7.15. The van der Waals surface area contributed by atoms with Gasteiger partial charge in [0.05, 0.1) is 6.61 Å². The first-order valence-electron chi connectivity index (χ1n) is 32.9. The summed E-state index contributed by atoms with van der Waals surface area (Å²) in [5, 5.41) is 15.0. The van der Waals surface area contributed by atoms with E-state index >= 15 is 0 Å². The van der Waals surface area contributed by atoms with Gasteiger partial charge in [-0.3, -0.25) is 0 Å². The highest BCUT2D eigenvalue weighted by Gasteiger charge is 2.57. The zero-order chi connectivity index (χ0) is 55.5. The number of aliphatic hydroxyl groups is 1. The van der Waals surface area contributed by atoms with E-state index in [1.165, 1.54) is 224 Å². The van der Waals surface area contributed by atoms with Crippen molar-refractivity contribution >= 4 is 34.0 Å². The Balaban J connectivity index is 1.40. The van der Waals surface area contributed by atoms with E-state index in [0.717, 1.165) is 4.88 Å². The van der Waals surface area contributed by atoms with Crippen molar-refractivity contribution in [2.24, 2.45) is 0 Å². The summed E-state index contributed by atoms with van der Waals surface area (Å²) in [7, 11) is 0. The molecule has 3 heterocycles. The number of fused-ring (bicyclic) bond motifs is 12. The Bertz CT molecular complexity index is 3010. The van der Waals surface area contributed by atoms with E-state index in [0.29, 0.717) is 0 Å². The molecule has 0 spiro atoms. The first kappa shape index (κ1) is 59.1. The van der Waals surface area contributed by atoms with Crippen LogP contribution in [0.4, 0.5) is 0 Å². The second-order valence-electron chi connectivity index (χ2n) is 25.0. The van der Waals surface area contributed by atoms with Gasteiger partial charge in [0.15, 0.2) is 0 Å². The average molecular weight is 1120 g/mol. The van der Waals surface area contributed by atoms with Crippen LogP contribution in [-0.4, -0.2) is 5.11 Å². The van der Waals surface area contributed by atoms with Crippen LogP contribution in [0.5, 0.6) is 0 Å². The molecule has 0 saturated carbocycles. The van der Waals surface area contributed by atoms with E-state index in [1.807, 2.05) is 22.7 Å². The van der Waals surface area contributed by atoms with Crippen LogP contribution in [-0.2, 0) is 22.9 Å². The predicted octanol–water partition coefficient (Wildman–Crippen LogP) is 25.0. The normalized spacial score (nSPS) is 14.8. The van der Waals surface area contributed by atoms with E-state index in [9.17, 15) is 5.11 Å². The van der Waals surface area contributed by atoms with Gasteiger partial charge in [0, 0.05) is 35.8 Å². The molecule has 3 aliphatic carbocycles. The number of hydrogen-bond donors (Lipinski definition) is 1. The van der Waals surface area contributed by atoms with Gasteiger partial charge in [0.2, 0.25) is 0 Å². The quantitative estimate of drug-likeness (QED) is 0.0399. The van der Waals surface area contributed by atoms with Crippen molar-refractivity contribution in [3.05, 3.63) is 140 Å². The molecule has 0 bridgehead atoms. The van der Waals surface area contributed by atoms with Gasteiger partial charge in [0.1, 0.15) is 0 Å². The highest BCUT2D eigenvalue weighted by atomic mass is 32.1. The Morgan fingerprint density at radius 1 is 0.338 bits per heavy atom. The minimum absolute atomic E-state index is 0.0950. The van der Waals surface area contributed by atoms with Crippen LogP contribution in [0.1, 0.15) is 272 Å². The number of aliphatic hydroxyl groups excluding tert-OH is 1. The van der Waals surface area contributed by atoms with Gasteiger partial charge >= 0.3 is 0 Å². The summed E-state index contributed by atoms with van der Waals surface area (Å²) in [6.07, 6.45) is 37.8. The standard InChI is InChI=1S/C76H98OS3/c1-7-13-19-25-43-74(44-26-20-14-8-2)63-52-56(66-34-32-50-79-66)36-40-60(63)69-71(74)68-59-39-35-55(65-33-31-49-78-65)51-62(59)75(45-27-21-15-9-3,46-28-22-16-10-4)72(68)70-61-41-37-57(67-42-38-58(54-77)80-67)53-64(61)76(73(69)70,47-29-23-17-11-5)48-30-24-18-12-6/h31-42,49-53,77H,7-30,43-48,54H2,1-6H3. The molecular formula is C76H98OS3. The molecule has 0 radical (unpaired) electrons. The summed E-state index contributed by atoms with van der Waals surface area (Å²) in [6.45, 7) is 14.5. The number of rotatable bonds is 34. The largest absolute Gasteiger partial charge is 0.391 e. The summed E-state index contributed by atoms with van der Waals surface area (Å²) in [5.41, 5.74) is 23.6. The molecule has 426 valence electrons. The molecule has 3 aromatic heterocycles. The number of benzene rings is 4. The van der Waals surface area contributed by atoms with Crippen LogP contribution in [0, 0.1) is 0 Å². The fourth-order valence-corrected chi connectivity index (χ4v) is 18.2. The minimum atomic E-state index is -0.143. The summed E-state index contributed by atoms with van der Waals surface area (Å²) in [4.78, 5) is 5.13. The topological polar surface area (TPSA) is 20.2 Å². The summed E-state index contributed by atoms with van der Waals surface area (Å²) < 4.78 is 0. The van der Waals surface area contributed by atoms with Gasteiger partial charge in [-0.25, -0.2) is 0 Å². The maximum Gasteiger partial charge on any atom is 0.0774 e. The van der Waals surface area contributed by atoms with Gasteiger partial charge < -0.3 is 5.11 Å². The molecule has 0 fully saturated rings. The van der Waals surface area contributed by atoms with Gasteiger partial charge in [0.25, 0.3) is 0 Å². The summed E-state index contributed by atoms with van der Waals surface area (Å²) in [5.74, 6) is 0. The Morgan fingerprint density at radius 2 is 0.650 bits per heavy atom. The fraction of sp³-hybridized carbons (Fsp3) is 0.526. The molecule has 0 unspecified atom stereocenters. The Labute approximate surface area is 497 Å². The summed E-state index contributed by atoms with van der Waals surface area (Å²) in [6, 6.07) is 37.7. The van der Waals surface area contributed by atoms with Gasteiger partial charge in [-0.15, -0.1) is 34.0 Å². The summed E-state index contributed by atoms with van der Waals surface area (Å²) >= 11 is 5.62. The molecule has 7 aromatic rings. The Morgan fingerprint density at radius 3 is 0.912 bits per heavy atom. The lowest BCUT2D eigenvalue weighted by Gasteiger charge is -2.40. The first-order valence-corrected chi connectivity index (χ1v) is 35.4. The molecule has 4 aromatic carbocycles. The van der Waals surface area contributed by atoms with Gasteiger partial charge in [-0.1, -0.05) is 244 Å². The van der Waals surface area contributed by atoms with Gasteiger partial charge in [-0.2, -0.15) is 0 Å². The number of hydrogen-bond acceptors (Lipinski definition) is 4. The van der Waals surface area contributed by atoms with E-state index in [-0.39, 0.29) is 22.9 Å². The lowest BCUT2D eigenvalue weighted by Crippen LogP contribution is -2.31. The third-order valence-electron chi connectivity index (χ3n) is 19.8. The molecule has 3 aliphatic rings.